The van der Waals surface area contributed by atoms with Gasteiger partial charge < -0.3 is 14.8 Å². The van der Waals surface area contributed by atoms with Crippen molar-refractivity contribution in [2.75, 3.05) is 31.1 Å². The van der Waals surface area contributed by atoms with Gasteiger partial charge in [0.25, 0.3) is 5.56 Å². The van der Waals surface area contributed by atoms with Crippen LogP contribution in [0.4, 0.5) is 5.82 Å². The summed E-state index contributed by atoms with van der Waals surface area (Å²) in [5.74, 6) is 1.07. The third-order valence-corrected chi connectivity index (χ3v) is 5.59. The van der Waals surface area contributed by atoms with Crippen LogP contribution in [0.25, 0.3) is 10.9 Å². The lowest BCUT2D eigenvalue weighted by Crippen LogP contribution is -2.49. The van der Waals surface area contributed by atoms with Gasteiger partial charge >= 0.3 is 0 Å². The zero-order chi connectivity index (χ0) is 20.2. The van der Waals surface area contributed by atoms with E-state index in [1.807, 2.05) is 41.3 Å². The molecule has 0 bridgehead atoms. The Labute approximate surface area is 173 Å². The van der Waals surface area contributed by atoms with Crippen molar-refractivity contribution in [3.8, 4) is 0 Å². The van der Waals surface area contributed by atoms with Crippen LogP contribution in [0.15, 0.2) is 53.5 Å². The number of rotatable bonds is 5. The predicted octanol–water partition coefficient (Wildman–Crippen LogP) is 2.58. The number of nitrogens with zero attached hydrogens (tertiary/aromatic N) is 4. The van der Waals surface area contributed by atoms with Crippen LogP contribution in [0, 0.1) is 4.77 Å². The first-order chi connectivity index (χ1) is 14.1. The van der Waals surface area contributed by atoms with Gasteiger partial charge in [0.1, 0.15) is 5.82 Å². The number of H-pyrrole nitrogens is 1. The molecule has 29 heavy (non-hydrogen) atoms. The summed E-state index contributed by atoms with van der Waals surface area (Å²) in [6.07, 6.45) is 2.76. The lowest BCUT2D eigenvalue weighted by atomic mass is 10.2. The fraction of sp³-hybridized carbons (Fsp3) is 0.333. The largest absolute Gasteiger partial charge is 0.353 e. The summed E-state index contributed by atoms with van der Waals surface area (Å²) < 4.78 is 1.94. The van der Waals surface area contributed by atoms with Gasteiger partial charge in [-0.25, -0.2) is 4.98 Å². The van der Waals surface area contributed by atoms with E-state index in [-0.39, 0.29) is 11.5 Å². The molecule has 7 nitrogen and oxygen atoms in total. The highest BCUT2D eigenvalue weighted by Gasteiger charge is 2.21. The SMILES string of the molecule is O=C(CCCn1c(=S)[nH]c2ccccc2c1=O)N1CCN(c2ccccn2)CC1. The number of hydrogen-bond acceptors (Lipinski definition) is 5. The molecule has 0 spiro atoms. The molecule has 150 valence electrons. The maximum Gasteiger partial charge on any atom is 0.262 e. The molecule has 8 heteroatoms. The molecular weight excluding hydrogens is 386 g/mol. The van der Waals surface area contributed by atoms with Crippen LogP contribution in [0.3, 0.4) is 0 Å². The molecule has 3 heterocycles. The summed E-state index contributed by atoms with van der Waals surface area (Å²) in [6.45, 7) is 3.35. The number of amides is 1. The van der Waals surface area contributed by atoms with Crippen molar-refractivity contribution >= 4 is 34.8 Å². The molecule has 0 unspecified atom stereocenters. The molecule has 1 N–H and O–H groups in total. The Kier molecular flexibility index (Phi) is 5.71. The quantitative estimate of drug-likeness (QED) is 0.656. The number of nitrogens with one attached hydrogen (secondary N) is 1. The van der Waals surface area contributed by atoms with Crippen molar-refractivity contribution in [3.63, 3.8) is 0 Å². The van der Waals surface area contributed by atoms with Gasteiger partial charge in [-0.3, -0.25) is 14.2 Å². The highest BCUT2D eigenvalue weighted by molar-refractivity contribution is 7.71. The minimum Gasteiger partial charge on any atom is -0.353 e. The average molecular weight is 410 g/mol. The van der Waals surface area contributed by atoms with E-state index < -0.39 is 0 Å². The van der Waals surface area contributed by atoms with Gasteiger partial charge in [-0.05, 0) is 42.9 Å². The number of aromatic amines is 1. The second kappa shape index (κ2) is 8.57. The number of piperazine rings is 1. The van der Waals surface area contributed by atoms with Gasteiger partial charge in [-0.15, -0.1) is 0 Å². The predicted molar refractivity (Wildman–Crippen MR) is 116 cm³/mol. The van der Waals surface area contributed by atoms with Crippen LogP contribution in [-0.2, 0) is 11.3 Å². The van der Waals surface area contributed by atoms with Crippen LogP contribution in [-0.4, -0.2) is 51.5 Å². The van der Waals surface area contributed by atoms with E-state index in [1.165, 1.54) is 0 Å². The minimum absolute atomic E-state index is 0.110. The van der Waals surface area contributed by atoms with Crippen LogP contribution < -0.4 is 10.5 Å². The molecule has 1 aromatic carbocycles. The number of hydrogen-bond donors (Lipinski definition) is 1. The topological polar surface area (TPSA) is 74.2 Å². The van der Waals surface area contributed by atoms with E-state index in [4.69, 9.17) is 12.2 Å². The lowest BCUT2D eigenvalue weighted by Gasteiger charge is -2.35. The molecule has 0 aliphatic carbocycles. The summed E-state index contributed by atoms with van der Waals surface area (Å²) in [6, 6.07) is 13.2. The molecule has 0 atom stereocenters. The Morgan fingerprint density at radius 2 is 1.83 bits per heavy atom. The highest BCUT2D eigenvalue weighted by atomic mass is 32.1. The van der Waals surface area contributed by atoms with E-state index >= 15 is 0 Å². The van der Waals surface area contributed by atoms with Crippen LogP contribution in [0.1, 0.15) is 12.8 Å². The van der Waals surface area contributed by atoms with Gasteiger partial charge in [-0.2, -0.15) is 0 Å². The number of fused-ring (bicyclic) bond motifs is 1. The molecule has 1 aliphatic heterocycles. The third-order valence-electron chi connectivity index (χ3n) is 5.27. The number of anilines is 1. The van der Waals surface area contributed by atoms with E-state index in [0.717, 1.165) is 24.4 Å². The molecule has 1 aliphatic rings. The summed E-state index contributed by atoms with van der Waals surface area (Å²) in [4.78, 5) is 36.8. The standard InChI is InChI=1S/C21H23N5O2S/c27-19(25-14-12-24(13-15-25)18-8-3-4-10-22-18)9-5-11-26-20(28)16-6-1-2-7-17(16)23-21(26)29/h1-4,6-8,10H,5,9,11-15H2,(H,23,29). The summed E-state index contributed by atoms with van der Waals surface area (Å²) in [7, 11) is 0. The van der Waals surface area contributed by atoms with E-state index in [0.29, 0.717) is 42.6 Å². The van der Waals surface area contributed by atoms with Gasteiger partial charge in [0.2, 0.25) is 5.91 Å². The van der Waals surface area contributed by atoms with Crippen molar-refractivity contribution in [2.24, 2.45) is 0 Å². The van der Waals surface area contributed by atoms with Crippen molar-refractivity contribution in [1.82, 2.24) is 19.4 Å². The molecule has 2 aromatic heterocycles. The Balaban J connectivity index is 1.33. The molecule has 1 fully saturated rings. The maximum atomic E-state index is 12.7. The fourth-order valence-electron chi connectivity index (χ4n) is 3.67. The fourth-order valence-corrected chi connectivity index (χ4v) is 3.96. The number of carbonyl (C=O) groups excluding carboxylic acids is 1. The number of para-hydroxylation sites is 1. The number of aromatic nitrogens is 3. The third kappa shape index (κ3) is 4.22. The lowest BCUT2D eigenvalue weighted by molar-refractivity contribution is -0.131. The van der Waals surface area contributed by atoms with Crippen molar-refractivity contribution in [1.29, 1.82) is 0 Å². The molecule has 3 aromatic rings. The van der Waals surface area contributed by atoms with E-state index in [1.54, 1.807) is 16.8 Å². The summed E-state index contributed by atoms with van der Waals surface area (Å²) in [5, 5.41) is 0.609. The van der Waals surface area contributed by atoms with E-state index in [9.17, 15) is 9.59 Å². The average Bonchev–Trinajstić information content (AvgIpc) is 2.76. The zero-order valence-corrected chi connectivity index (χ0v) is 16.9. The second-order valence-electron chi connectivity index (χ2n) is 7.09. The first-order valence-electron chi connectivity index (χ1n) is 9.79. The van der Waals surface area contributed by atoms with E-state index in [2.05, 4.69) is 14.9 Å². The molecule has 0 saturated carbocycles. The van der Waals surface area contributed by atoms with Gasteiger partial charge in [0.05, 0.1) is 10.9 Å². The van der Waals surface area contributed by atoms with Crippen molar-refractivity contribution in [3.05, 3.63) is 63.8 Å². The van der Waals surface area contributed by atoms with Gasteiger partial charge in [-0.1, -0.05) is 18.2 Å². The minimum atomic E-state index is -0.110. The Bertz CT molecular complexity index is 1120. The highest BCUT2D eigenvalue weighted by Crippen LogP contribution is 2.13. The first kappa shape index (κ1) is 19.3. The normalized spacial score (nSPS) is 14.3. The summed E-state index contributed by atoms with van der Waals surface area (Å²) >= 11 is 5.33. The smallest absolute Gasteiger partial charge is 0.262 e. The molecule has 4 rings (SSSR count). The molecule has 0 radical (unpaired) electrons. The Morgan fingerprint density at radius 3 is 2.59 bits per heavy atom. The monoisotopic (exact) mass is 409 g/mol. The zero-order valence-electron chi connectivity index (χ0n) is 16.1. The van der Waals surface area contributed by atoms with Crippen LogP contribution in [0.2, 0.25) is 0 Å². The van der Waals surface area contributed by atoms with Crippen LogP contribution >= 0.6 is 12.2 Å². The number of pyridine rings is 1. The maximum absolute atomic E-state index is 12.7. The Hall–Kier alpha value is -3.00. The Morgan fingerprint density at radius 1 is 1.07 bits per heavy atom. The van der Waals surface area contributed by atoms with Crippen molar-refractivity contribution in [2.45, 2.75) is 19.4 Å². The summed E-state index contributed by atoms with van der Waals surface area (Å²) in [5.41, 5.74) is 0.626. The molecule has 1 amide bonds. The van der Waals surface area contributed by atoms with Crippen LogP contribution in [0.5, 0.6) is 0 Å². The number of benzene rings is 1. The second-order valence-corrected chi connectivity index (χ2v) is 7.48. The molecule has 1 saturated heterocycles. The van der Waals surface area contributed by atoms with Gasteiger partial charge in [0.15, 0.2) is 4.77 Å². The first-order valence-corrected chi connectivity index (χ1v) is 10.2. The molecular formula is C21H23N5O2S. The van der Waals surface area contributed by atoms with Gasteiger partial charge in [0, 0.05) is 45.3 Å². The van der Waals surface area contributed by atoms with Crippen molar-refractivity contribution < 1.29 is 4.79 Å². The number of carbonyl (C=O) groups is 1.